The van der Waals surface area contributed by atoms with Crippen LogP contribution in [0.25, 0.3) is 11.0 Å². The van der Waals surface area contributed by atoms with Crippen LogP contribution in [0.2, 0.25) is 0 Å². The second kappa shape index (κ2) is 9.83. The van der Waals surface area contributed by atoms with Gasteiger partial charge in [-0.3, -0.25) is 9.78 Å². The highest BCUT2D eigenvalue weighted by atomic mass is 79.9. The predicted molar refractivity (Wildman–Crippen MR) is 146 cm³/mol. The first-order valence-corrected chi connectivity index (χ1v) is 12.2. The van der Waals surface area contributed by atoms with Crippen molar-refractivity contribution >= 4 is 50.2 Å². The van der Waals surface area contributed by atoms with Gasteiger partial charge in [0.15, 0.2) is 0 Å². The van der Waals surface area contributed by atoms with Gasteiger partial charge in [-0.2, -0.15) is 0 Å². The van der Waals surface area contributed by atoms with Gasteiger partial charge in [0, 0.05) is 41.2 Å². The van der Waals surface area contributed by atoms with Crippen molar-refractivity contribution in [3.63, 3.8) is 0 Å². The summed E-state index contributed by atoms with van der Waals surface area (Å²) >= 11 is 3.45. The minimum absolute atomic E-state index is 0.269. The Hall–Kier alpha value is -4.17. The average Bonchev–Trinajstić information content (AvgIpc) is 3.17. The summed E-state index contributed by atoms with van der Waals surface area (Å²) in [6.07, 6.45) is 1.56. The molecule has 5 aromatic rings. The van der Waals surface area contributed by atoms with Crippen molar-refractivity contribution in [2.24, 2.45) is 7.05 Å². The van der Waals surface area contributed by atoms with Crippen LogP contribution in [0, 0.1) is 13.8 Å². The zero-order chi connectivity index (χ0) is 25.2. The number of hydrogen-bond acceptors (Lipinski definition) is 5. The molecule has 0 aliphatic carbocycles. The monoisotopic (exact) mass is 541 g/mol. The highest BCUT2D eigenvalue weighted by Crippen LogP contribution is 2.28. The molecule has 36 heavy (non-hydrogen) atoms. The molecule has 0 aliphatic heterocycles. The summed E-state index contributed by atoms with van der Waals surface area (Å²) in [5, 5.41) is 6.24. The first kappa shape index (κ1) is 23.6. The maximum absolute atomic E-state index is 12.7. The van der Waals surface area contributed by atoms with E-state index in [0.29, 0.717) is 11.5 Å². The van der Waals surface area contributed by atoms with Gasteiger partial charge in [0.25, 0.3) is 5.91 Å². The minimum atomic E-state index is -0.299. The third-order valence-corrected chi connectivity index (χ3v) is 6.45. The van der Waals surface area contributed by atoms with Crippen molar-refractivity contribution in [1.82, 2.24) is 14.5 Å². The van der Waals surface area contributed by atoms with Crippen LogP contribution in [-0.2, 0) is 7.05 Å². The molecular weight excluding hydrogens is 518 g/mol. The Labute approximate surface area is 217 Å². The molecule has 3 aromatic carbocycles. The number of pyridine rings is 1. The Morgan fingerprint density at radius 1 is 0.889 bits per heavy atom. The molecule has 0 saturated heterocycles. The molecule has 2 heterocycles. The number of fused-ring (bicyclic) bond motifs is 1. The lowest BCUT2D eigenvalue weighted by Crippen LogP contribution is -2.13. The number of aryl methyl sites for hydroxylation is 3. The first-order valence-electron chi connectivity index (χ1n) is 11.4. The largest absolute Gasteiger partial charge is 0.457 e. The summed E-state index contributed by atoms with van der Waals surface area (Å²) in [6.45, 7) is 4.04. The number of ether oxygens (including phenoxy) is 1. The maximum atomic E-state index is 12.7. The second-order valence-electron chi connectivity index (χ2n) is 8.51. The van der Waals surface area contributed by atoms with Crippen LogP contribution < -0.4 is 15.4 Å². The Bertz CT molecular complexity index is 1580. The number of carbonyl (C=O) groups is 1. The fourth-order valence-corrected chi connectivity index (χ4v) is 4.03. The molecule has 0 saturated carbocycles. The third kappa shape index (κ3) is 5.08. The van der Waals surface area contributed by atoms with Gasteiger partial charge in [-0.15, -0.1) is 0 Å². The molecule has 0 aliphatic rings. The molecule has 0 unspecified atom stereocenters. The van der Waals surface area contributed by atoms with E-state index in [1.54, 1.807) is 18.3 Å². The van der Waals surface area contributed by atoms with E-state index in [2.05, 4.69) is 31.5 Å². The SMILES string of the molecule is Cc1ccc(NC(=O)c2cc(Oc3ccc4c(c3)nc(Nc3ccc(Br)cc3)n4C)ccn2)cc1C. The zero-order valence-corrected chi connectivity index (χ0v) is 21.6. The summed E-state index contributed by atoms with van der Waals surface area (Å²) in [6, 6.07) is 22.8. The van der Waals surface area contributed by atoms with Gasteiger partial charge in [-0.05, 0) is 79.6 Å². The molecule has 0 atom stereocenters. The number of anilines is 3. The van der Waals surface area contributed by atoms with Crippen molar-refractivity contribution in [2.75, 3.05) is 10.6 Å². The van der Waals surface area contributed by atoms with E-state index in [-0.39, 0.29) is 11.6 Å². The van der Waals surface area contributed by atoms with E-state index < -0.39 is 0 Å². The predicted octanol–water partition coefficient (Wildman–Crippen LogP) is 7.14. The molecule has 2 aromatic heterocycles. The van der Waals surface area contributed by atoms with Gasteiger partial charge in [-0.25, -0.2) is 4.98 Å². The van der Waals surface area contributed by atoms with Crippen LogP contribution in [0.1, 0.15) is 21.6 Å². The molecule has 7 nitrogen and oxygen atoms in total. The zero-order valence-electron chi connectivity index (χ0n) is 20.0. The summed E-state index contributed by atoms with van der Waals surface area (Å²) in [4.78, 5) is 21.7. The molecule has 5 rings (SSSR count). The lowest BCUT2D eigenvalue weighted by atomic mass is 10.1. The van der Waals surface area contributed by atoms with Crippen molar-refractivity contribution in [2.45, 2.75) is 13.8 Å². The molecule has 1 amide bonds. The fraction of sp³-hybridized carbons (Fsp3) is 0.107. The van der Waals surface area contributed by atoms with Gasteiger partial charge in [0.2, 0.25) is 5.95 Å². The Morgan fingerprint density at radius 2 is 1.64 bits per heavy atom. The summed E-state index contributed by atoms with van der Waals surface area (Å²) in [5.74, 6) is 1.55. The second-order valence-corrected chi connectivity index (χ2v) is 9.42. The summed E-state index contributed by atoms with van der Waals surface area (Å²) in [5.41, 5.74) is 5.97. The third-order valence-electron chi connectivity index (χ3n) is 5.92. The number of hydrogen-bond donors (Lipinski definition) is 2. The van der Waals surface area contributed by atoms with Gasteiger partial charge in [0.05, 0.1) is 11.0 Å². The normalized spacial score (nSPS) is 10.9. The maximum Gasteiger partial charge on any atom is 0.274 e. The number of imidazole rings is 1. The summed E-state index contributed by atoms with van der Waals surface area (Å²) in [7, 11) is 1.96. The molecule has 8 heteroatoms. The van der Waals surface area contributed by atoms with Crippen LogP contribution in [0.15, 0.2) is 83.5 Å². The van der Waals surface area contributed by atoms with E-state index in [4.69, 9.17) is 9.72 Å². The van der Waals surface area contributed by atoms with E-state index >= 15 is 0 Å². The van der Waals surface area contributed by atoms with Gasteiger partial charge >= 0.3 is 0 Å². The van der Waals surface area contributed by atoms with Crippen molar-refractivity contribution in [3.8, 4) is 11.5 Å². The van der Waals surface area contributed by atoms with Crippen LogP contribution >= 0.6 is 15.9 Å². The van der Waals surface area contributed by atoms with Crippen LogP contribution in [0.3, 0.4) is 0 Å². The Balaban J connectivity index is 1.33. The fourth-order valence-electron chi connectivity index (χ4n) is 3.77. The first-order chi connectivity index (χ1) is 17.4. The number of rotatable bonds is 6. The highest BCUT2D eigenvalue weighted by Gasteiger charge is 2.12. The number of halogens is 1. The standard InChI is InChI=1S/C28H24BrN5O2/c1-17-4-7-21(14-18(17)2)31-27(35)25-16-23(12-13-30-25)36-22-10-11-26-24(15-22)33-28(34(26)3)32-20-8-5-19(29)6-9-20/h4-16H,1-3H3,(H,31,35)(H,32,33). The van der Waals surface area contributed by atoms with E-state index in [1.165, 1.54) is 5.56 Å². The molecule has 180 valence electrons. The van der Waals surface area contributed by atoms with Crippen molar-refractivity contribution in [3.05, 3.63) is 100 Å². The summed E-state index contributed by atoms with van der Waals surface area (Å²) < 4.78 is 9.05. The molecule has 0 radical (unpaired) electrons. The van der Waals surface area contributed by atoms with Crippen molar-refractivity contribution < 1.29 is 9.53 Å². The molecule has 0 bridgehead atoms. The molecule has 0 spiro atoms. The topological polar surface area (TPSA) is 81.1 Å². The average molecular weight is 542 g/mol. The van der Waals surface area contributed by atoms with Crippen molar-refractivity contribution in [1.29, 1.82) is 0 Å². The lowest BCUT2D eigenvalue weighted by molar-refractivity contribution is 0.102. The van der Waals surface area contributed by atoms with Gasteiger partial charge in [0.1, 0.15) is 17.2 Å². The molecule has 0 fully saturated rings. The smallest absolute Gasteiger partial charge is 0.274 e. The number of amides is 1. The number of nitrogens with zero attached hydrogens (tertiary/aromatic N) is 3. The number of aromatic nitrogens is 3. The Kier molecular flexibility index (Phi) is 6.43. The minimum Gasteiger partial charge on any atom is -0.457 e. The molecular formula is C28H24BrN5O2. The van der Waals surface area contributed by atoms with Gasteiger partial charge < -0.3 is 19.9 Å². The Morgan fingerprint density at radius 3 is 2.42 bits per heavy atom. The lowest BCUT2D eigenvalue weighted by Gasteiger charge is -2.09. The number of nitrogens with one attached hydrogen (secondary N) is 2. The highest BCUT2D eigenvalue weighted by molar-refractivity contribution is 9.10. The van der Waals surface area contributed by atoms with E-state index in [9.17, 15) is 4.79 Å². The quantitative estimate of drug-likeness (QED) is 0.239. The van der Waals surface area contributed by atoms with Crippen LogP contribution in [0.5, 0.6) is 11.5 Å². The number of carbonyl (C=O) groups excluding carboxylic acids is 1. The van der Waals surface area contributed by atoms with Crippen LogP contribution in [-0.4, -0.2) is 20.4 Å². The van der Waals surface area contributed by atoms with Gasteiger partial charge in [-0.1, -0.05) is 22.0 Å². The number of benzene rings is 3. The van der Waals surface area contributed by atoms with Crippen LogP contribution in [0.4, 0.5) is 17.3 Å². The van der Waals surface area contributed by atoms with E-state index in [1.807, 2.05) is 86.1 Å². The molecule has 2 N–H and O–H groups in total. The van der Waals surface area contributed by atoms with E-state index in [0.717, 1.165) is 38.4 Å².